The zero-order valence-corrected chi connectivity index (χ0v) is 21.4. The van der Waals surface area contributed by atoms with Gasteiger partial charge in [0.25, 0.3) is 0 Å². The van der Waals surface area contributed by atoms with Crippen molar-refractivity contribution < 1.29 is 9.47 Å². The van der Waals surface area contributed by atoms with E-state index < -0.39 is 0 Å². The normalized spacial score (nSPS) is 15.1. The highest BCUT2D eigenvalue weighted by Gasteiger charge is 2.27. The predicted octanol–water partition coefficient (Wildman–Crippen LogP) is 5.69. The first-order valence-electron chi connectivity index (χ1n) is 10.6. The minimum Gasteiger partial charge on any atom is -0.493 e. The first-order valence-corrected chi connectivity index (χ1v) is 12.6. The van der Waals surface area contributed by atoms with Gasteiger partial charge in [0.15, 0.2) is 11.5 Å². The highest BCUT2D eigenvalue weighted by molar-refractivity contribution is 7.98. The Morgan fingerprint density at radius 2 is 1.94 bits per heavy atom. The van der Waals surface area contributed by atoms with Crippen molar-refractivity contribution in [1.82, 2.24) is 9.97 Å². The fourth-order valence-electron chi connectivity index (χ4n) is 3.72. The summed E-state index contributed by atoms with van der Waals surface area (Å²) in [5.41, 5.74) is 8.74. The minimum atomic E-state index is 0.105. The van der Waals surface area contributed by atoms with Gasteiger partial charge >= 0.3 is 0 Å². The second kappa shape index (κ2) is 10.3. The summed E-state index contributed by atoms with van der Waals surface area (Å²) in [5, 5.41) is 9.67. The number of rotatable bonds is 8. The van der Waals surface area contributed by atoms with Gasteiger partial charge < -0.3 is 20.1 Å². The molecule has 0 spiro atoms. The van der Waals surface area contributed by atoms with Gasteiger partial charge in [-0.1, -0.05) is 23.2 Å². The van der Waals surface area contributed by atoms with E-state index in [4.69, 9.17) is 43.8 Å². The molecular formula is C24H25Cl2N5O2S. The lowest BCUT2D eigenvalue weighted by molar-refractivity contribution is 0.284. The van der Waals surface area contributed by atoms with Crippen LogP contribution in [0.1, 0.15) is 30.0 Å². The number of aromatic nitrogens is 2. The minimum absolute atomic E-state index is 0.105. The Labute approximate surface area is 213 Å². The summed E-state index contributed by atoms with van der Waals surface area (Å²) < 4.78 is 11.4. The van der Waals surface area contributed by atoms with Gasteiger partial charge in [0.05, 0.1) is 27.8 Å². The van der Waals surface area contributed by atoms with Crippen LogP contribution in [0.3, 0.4) is 0 Å². The number of ether oxygens (including phenoxy) is 2. The Hall–Kier alpha value is -2.68. The molecule has 34 heavy (non-hydrogen) atoms. The summed E-state index contributed by atoms with van der Waals surface area (Å²) in [6.45, 7) is 3.29. The van der Waals surface area contributed by atoms with Crippen LogP contribution in [-0.2, 0) is 6.61 Å². The van der Waals surface area contributed by atoms with Crippen molar-refractivity contribution in [3.05, 3.63) is 63.5 Å². The predicted molar refractivity (Wildman–Crippen MR) is 139 cm³/mol. The maximum atomic E-state index is 8.86. The van der Waals surface area contributed by atoms with Crippen LogP contribution in [0, 0.1) is 5.41 Å². The Bertz CT molecular complexity index is 1220. The van der Waals surface area contributed by atoms with E-state index in [1.807, 2.05) is 12.3 Å². The topological polar surface area (TPSA) is 97.4 Å². The zero-order valence-electron chi connectivity index (χ0n) is 19.1. The first-order chi connectivity index (χ1) is 16.3. The van der Waals surface area contributed by atoms with Gasteiger partial charge in [-0.15, -0.1) is 11.8 Å². The van der Waals surface area contributed by atoms with Gasteiger partial charge in [-0.2, -0.15) is 0 Å². The molecule has 0 saturated carbocycles. The number of anilines is 2. The molecule has 0 bridgehead atoms. The number of hydrogen-bond donors (Lipinski definition) is 2. The third-order valence-corrected chi connectivity index (χ3v) is 7.25. The number of nitrogen functional groups attached to an aromatic ring is 1. The van der Waals surface area contributed by atoms with Crippen LogP contribution in [-0.4, -0.2) is 41.6 Å². The molecule has 3 N–H and O–H groups in total. The quantitative estimate of drug-likeness (QED) is 0.225. The van der Waals surface area contributed by atoms with Crippen LogP contribution in [0.5, 0.6) is 11.5 Å². The Morgan fingerprint density at radius 1 is 1.21 bits per heavy atom. The van der Waals surface area contributed by atoms with Gasteiger partial charge in [0, 0.05) is 59.6 Å². The molecule has 1 fully saturated rings. The average molecular weight is 518 g/mol. The molecule has 0 radical (unpaired) electrons. The molecule has 0 amide bonds. The highest BCUT2D eigenvalue weighted by Crippen LogP contribution is 2.37. The Balaban J connectivity index is 1.64. The van der Waals surface area contributed by atoms with Crippen LogP contribution in [0.4, 0.5) is 11.5 Å². The van der Waals surface area contributed by atoms with Gasteiger partial charge in [-0.25, -0.2) is 4.98 Å². The molecule has 3 heterocycles. The number of nitrogens with two attached hydrogens (primary N) is 1. The molecule has 1 saturated heterocycles. The van der Waals surface area contributed by atoms with Crippen molar-refractivity contribution in [3.8, 4) is 11.5 Å². The van der Waals surface area contributed by atoms with Crippen LogP contribution in [0.2, 0.25) is 10.0 Å². The van der Waals surface area contributed by atoms with E-state index in [1.54, 1.807) is 30.1 Å². The van der Waals surface area contributed by atoms with E-state index in [0.717, 1.165) is 23.7 Å². The number of nitrogens with one attached hydrogen (secondary N) is 1. The highest BCUT2D eigenvalue weighted by atomic mass is 35.5. The van der Waals surface area contributed by atoms with Crippen molar-refractivity contribution in [2.75, 3.05) is 30.5 Å². The van der Waals surface area contributed by atoms with Crippen molar-refractivity contribution in [1.29, 1.82) is 5.41 Å². The Kier molecular flexibility index (Phi) is 7.40. The van der Waals surface area contributed by atoms with E-state index in [2.05, 4.69) is 21.8 Å². The molecule has 1 aliphatic rings. The molecule has 7 nitrogen and oxygen atoms in total. The number of pyridine rings is 2. The lowest BCUT2D eigenvalue weighted by Crippen LogP contribution is -2.46. The Morgan fingerprint density at radius 3 is 2.53 bits per heavy atom. The second-order valence-electron chi connectivity index (χ2n) is 7.92. The summed E-state index contributed by atoms with van der Waals surface area (Å²) in [4.78, 5) is 11.9. The second-order valence-corrected chi connectivity index (χ2v) is 9.58. The number of benzene rings is 1. The zero-order chi connectivity index (χ0) is 24.4. The van der Waals surface area contributed by atoms with Gasteiger partial charge in [0.2, 0.25) is 0 Å². The molecule has 1 aliphatic heterocycles. The van der Waals surface area contributed by atoms with E-state index in [9.17, 15) is 0 Å². The monoisotopic (exact) mass is 517 g/mol. The molecule has 3 aromatic rings. The number of hydrogen-bond acceptors (Lipinski definition) is 8. The fraction of sp³-hybridized carbons (Fsp3) is 0.292. The summed E-state index contributed by atoms with van der Waals surface area (Å²) in [6.07, 6.45) is 7.92. The molecule has 10 heteroatoms. The van der Waals surface area contributed by atoms with Gasteiger partial charge in [-0.3, -0.25) is 10.4 Å². The molecule has 4 rings (SSSR count). The molecule has 0 aliphatic carbocycles. The van der Waals surface area contributed by atoms with Crippen molar-refractivity contribution in [2.45, 2.75) is 30.9 Å². The van der Waals surface area contributed by atoms with Crippen molar-refractivity contribution >= 4 is 52.2 Å². The first kappa shape index (κ1) is 24.4. The lowest BCUT2D eigenvalue weighted by Gasteiger charge is -2.40. The molecule has 1 atom stereocenters. The molecule has 1 unspecified atom stereocenters. The summed E-state index contributed by atoms with van der Waals surface area (Å²) in [5.74, 6) is 1.82. The average Bonchev–Trinajstić information content (AvgIpc) is 2.83. The standard InChI is InChI=1S/C24H25Cl2N5O2S/c1-13-4-5-31(13)24-22(34-3)6-14(9-30-24)23(28)15-7-21(20(32-2)8-19(15)27)33-12-16-17(25)10-29-11-18(16)26/h6-11,13,28H,4-5,12,27H2,1-3H3. The van der Waals surface area contributed by atoms with E-state index >= 15 is 0 Å². The van der Waals surface area contributed by atoms with Crippen LogP contribution in [0.15, 0.2) is 41.7 Å². The summed E-state index contributed by atoms with van der Waals surface area (Å²) >= 11 is 14.1. The number of nitrogens with zero attached hydrogens (tertiary/aromatic N) is 3. The number of halogens is 2. The number of methoxy groups -OCH3 is 1. The third kappa shape index (κ3) is 4.76. The van der Waals surface area contributed by atoms with Crippen LogP contribution >= 0.6 is 35.0 Å². The third-order valence-electron chi connectivity index (χ3n) is 5.86. The summed E-state index contributed by atoms with van der Waals surface area (Å²) in [7, 11) is 1.53. The van der Waals surface area contributed by atoms with Gasteiger partial charge in [-0.05, 0) is 31.7 Å². The van der Waals surface area contributed by atoms with E-state index in [-0.39, 0.29) is 12.3 Å². The molecule has 2 aromatic heterocycles. The van der Waals surface area contributed by atoms with Crippen LogP contribution in [0.25, 0.3) is 0 Å². The van der Waals surface area contributed by atoms with Crippen LogP contribution < -0.4 is 20.1 Å². The summed E-state index contributed by atoms with van der Waals surface area (Å²) in [6, 6.07) is 5.81. The van der Waals surface area contributed by atoms with E-state index in [0.29, 0.717) is 50.0 Å². The SMILES string of the molecule is COc1cc(N)c(C(=N)c2cnc(N3CCC3C)c(SC)c2)cc1OCc1c(Cl)cncc1Cl. The van der Waals surface area contributed by atoms with Gasteiger partial charge in [0.1, 0.15) is 12.4 Å². The largest absolute Gasteiger partial charge is 0.493 e. The van der Waals surface area contributed by atoms with E-state index in [1.165, 1.54) is 19.5 Å². The smallest absolute Gasteiger partial charge is 0.162 e. The molecular weight excluding hydrogens is 493 g/mol. The van der Waals surface area contributed by atoms with Crippen molar-refractivity contribution in [3.63, 3.8) is 0 Å². The number of thioether (sulfide) groups is 1. The van der Waals surface area contributed by atoms with Crippen molar-refractivity contribution in [2.24, 2.45) is 0 Å². The lowest BCUT2D eigenvalue weighted by atomic mass is 10.0. The maximum absolute atomic E-state index is 8.86. The maximum Gasteiger partial charge on any atom is 0.162 e. The molecule has 178 valence electrons. The molecule has 1 aromatic carbocycles. The fourth-order valence-corrected chi connectivity index (χ4v) is 4.79.